The summed E-state index contributed by atoms with van der Waals surface area (Å²) >= 11 is 0. The van der Waals surface area contributed by atoms with Crippen LogP contribution < -0.4 is 5.32 Å². The van der Waals surface area contributed by atoms with Crippen molar-refractivity contribution in [1.29, 1.82) is 0 Å². The number of hydrogen-bond donors (Lipinski definition) is 2. The fourth-order valence-electron chi connectivity index (χ4n) is 2.60. The largest absolute Gasteiger partial charge is 0.481 e. The van der Waals surface area contributed by atoms with Crippen LogP contribution >= 0.6 is 0 Å². The Labute approximate surface area is 142 Å². The van der Waals surface area contributed by atoms with Gasteiger partial charge in [-0.3, -0.25) is 9.59 Å². The molecule has 0 atom stereocenters. The van der Waals surface area contributed by atoms with Gasteiger partial charge in [-0.2, -0.15) is 0 Å². The van der Waals surface area contributed by atoms with E-state index in [0.29, 0.717) is 12.8 Å². The van der Waals surface area contributed by atoms with Crippen molar-refractivity contribution in [2.24, 2.45) is 0 Å². The molecule has 4 nitrogen and oxygen atoms in total. The van der Waals surface area contributed by atoms with Crippen molar-refractivity contribution in [3.05, 3.63) is 65.7 Å². The number of carbonyl (C=O) groups excluding carboxylic acids is 1. The molecule has 0 aliphatic carbocycles. The van der Waals surface area contributed by atoms with Gasteiger partial charge in [0.25, 0.3) is 0 Å². The van der Waals surface area contributed by atoms with E-state index in [1.807, 2.05) is 54.6 Å². The van der Waals surface area contributed by atoms with Gasteiger partial charge >= 0.3 is 5.97 Å². The lowest BCUT2D eigenvalue weighted by Crippen LogP contribution is -2.25. The molecule has 0 saturated heterocycles. The third-order valence-electron chi connectivity index (χ3n) is 4.02. The maximum atomic E-state index is 12.3. The van der Waals surface area contributed by atoms with Crippen LogP contribution in [0, 0.1) is 0 Å². The average molecular weight is 325 g/mol. The van der Waals surface area contributed by atoms with Crippen molar-refractivity contribution in [2.45, 2.75) is 38.5 Å². The number of aliphatic carboxylic acids is 1. The lowest BCUT2D eigenvalue weighted by atomic mass is 9.81. The summed E-state index contributed by atoms with van der Waals surface area (Å²) in [7, 11) is 0. The highest BCUT2D eigenvalue weighted by molar-refractivity contribution is 5.91. The molecule has 0 heterocycles. The zero-order valence-electron chi connectivity index (χ0n) is 14.1. The van der Waals surface area contributed by atoms with Gasteiger partial charge in [0, 0.05) is 18.5 Å². The molecule has 24 heavy (non-hydrogen) atoms. The van der Waals surface area contributed by atoms with Crippen molar-refractivity contribution >= 4 is 17.6 Å². The summed E-state index contributed by atoms with van der Waals surface area (Å²) in [5.74, 6) is -0.849. The summed E-state index contributed by atoms with van der Waals surface area (Å²) in [6.45, 7) is 4.10. The van der Waals surface area contributed by atoms with Crippen LogP contribution in [0.4, 0.5) is 5.69 Å². The third kappa shape index (κ3) is 5.23. The van der Waals surface area contributed by atoms with Crippen LogP contribution in [0.2, 0.25) is 0 Å². The molecule has 0 aliphatic rings. The highest BCUT2D eigenvalue weighted by Gasteiger charge is 2.24. The van der Waals surface area contributed by atoms with Crippen LogP contribution in [0.5, 0.6) is 0 Å². The standard InChI is InChI=1S/C20H23NO3/c1-20(2,16-6-4-3-5-7-16)14-18(22)21-17-11-8-15(9-12-17)10-13-19(23)24/h3-9,11-12H,10,13-14H2,1-2H3,(H,21,22)(H,23,24). The van der Waals surface area contributed by atoms with Crippen LogP contribution in [0.25, 0.3) is 0 Å². The van der Waals surface area contributed by atoms with Crippen molar-refractivity contribution in [2.75, 3.05) is 5.32 Å². The molecule has 1 amide bonds. The summed E-state index contributed by atoms with van der Waals surface area (Å²) in [6.07, 6.45) is 0.985. The number of carboxylic acid groups (broad SMARTS) is 1. The van der Waals surface area contributed by atoms with Gasteiger partial charge in [0.15, 0.2) is 0 Å². The summed E-state index contributed by atoms with van der Waals surface area (Å²) in [4.78, 5) is 22.9. The summed E-state index contributed by atoms with van der Waals surface area (Å²) in [5, 5.41) is 11.6. The second-order valence-electron chi connectivity index (χ2n) is 6.57. The fourth-order valence-corrected chi connectivity index (χ4v) is 2.60. The molecule has 0 saturated carbocycles. The highest BCUT2D eigenvalue weighted by atomic mass is 16.4. The van der Waals surface area contributed by atoms with Crippen molar-refractivity contribution in [3.63, 3.8) is 0 Å². The summed E-state index contributed by atoms with van der Waals surface area (Å²) < 4.78 is 0. The van der Waals surface area contributed by atoms with E-state index in [9.17, 15) is 9.59 Å². The molecule has 0 bridgehead atoms. The number of rotatable bonds is 7. The molecule has 0 aromatic heterocycles. The monoisotopic (exact) mass is 325 g/mol. The smallest absolute Gasteiger partial charge is 0.303 e. The molecule has 0 fully saturated rings. The minimum absolute atomic E-state index is 0.0397. The molecule has 0 unspecified atom stereocenters. The normalized spacial score (nSPS) is 11.1. The van der Waals surface area contributed by atoms with E-state index in [4.69, 9.17) is 5.11 Å². The molecule has 2 aromatic carbocycles. The van der Waals surface area contributed by atoms with Gasteiger partial charge in [-0.25, -0.2) is 0 Å². The molecular formula is C20H23NO3. The molecule has 0 radical (unpaired) electrons. The second kappa shape index (κ2) is 7.77. The molecule has 2 rings (SSSR count). The SMILES string of the molecule is CC(C)(CC(=O)Nc1ccc(CCC(=O)O)cc1)c1ccccc1. The Bertz CT molecular complexity index is 691. The molecule has 126 valence electrons. The first-order chi connectivity index (χ1) is 11.4. The Morgan fingerprint density at radius 1 is 1.00 bits per heavy atom. The van der Waals surface area contributed by atoms with E-state index < -0.39 is 5.97 Å². The molecular weight excluding hydrogens is 302 g/mol. The molecule has 4 heteroatoms. The first-order valence-corrected chi connectivity index (χ1v) is 8.03. The van der Waals surface area contributed by atoms with Crippen LogP contribution in [-0.4, -0.2) is 17.0 Å². The fraction of sp³-hybridized carbons (Fsp3) is 0.300. The van der Waals surface area contributed by atoms with Gasteiger partial charge in [-0.1, -0.05) is 56.3 Å². The van der Waals surface area contributed by atoms with Crippen LogP contribution in [-0.2, 0) is 21.4 Å². The maximum absolute atomic E-state index is 12.3. The number of hydrogen-bond acceptors (Lipinski definition) is 2. The molecule has 0 aliphatic heterocycles. The third-order valence-corrected chi connectivity index (χ3v) is 4.02. The van der Waals surface area contributed by atoms with Gasteiger partial charge in [-0.05, 0) is 35.1 Å². The lowest BCUT2D eigenvalue weighted by Gasteiger charge is -2.24. The number of anilines is 1. The quantitative estimate of drug-likeness (QED) is 0.808. The second-order valence-corrected chi connectivity index (χ2v) is 6.57. The average Bonchev–Trinajstić information content (AvgIpc) is 2.54. The topological polar surface area (TPSA) is 66.4 Å². The minimum atomic E-state index is -0.810. The van der Waals surface area contributed by atoms with Gasteiger partial charge in [0.1, 0.15) is 0 Å². The van der Waals surface area contributed by atoms with Crippen molar-refractivity contribution < 1.29 is 14.7 Å². The zero-order valence-corrected chi connectivity index (χ0v) is 14.1. The van der Waals surface area contributed by atoms with E-state index >= 15 is 0 Å². The van der Waals surface area contributed by atoms with Gasteiger partial charge in [-0.15, -0.1) is 0 Å². The van der Waals surface area contributed by atoms with E-state index in [0.717, 1.165) is 16.8 Å². The Balaban J connectivity index is 1.93. The highest BCUT2D eigenvalue weighted by Crippen LogP contribution is 2.27. The van der Waals surface area contributed by atoms with E-state index in [1.54, 1.807) is 0 Å². The summed E-state index contributed by atoms with van der Waals surface area (Å²) in [5.41, 5.74) is 2.55. The number of benzene rings is 2. The molecule has 0 spiro atoms. The van der Waals surface area contributed by atoms with Crippen molar-refractivity contribution in [3.8, 4) is 0 Å². The predicted molar refractivity (Wildman–Crippen MR) is 95.1 cm³/mol. The first-order valence-electron chi connectivity index (χ1n) is 8.03. The number of aryl methyl sites for hydroxylation is 1. The number of nitrogens with one attached hydrogen (secondary N) is 1. The minimum Gasteiger partial charge on any atom is -0.481 e. The van der Waals surface area contributed by atoms with Gasteiger partial charge in [0.05, 0.1) is 0 Å². The van der Waals surface area contributed by atoms with Crippen LogP contribution in [0.15, 0.2) is 54.6 Å². The first kappa shape index (κ1) is 17.7. The Morgan fingerprint density at radius 3 is 2.21 bits per heavy atom. The number of carbonyl (C=O) groups is 2. The maximum Gasteiger partial charge on any atom is 0.303 e. The Kier molecular flexibility index (Phi) is 5.74. The molecule has 2 aromatic rings. The number of amides is 1. The summed E-state index contributed by atoms with van der Waals surface area (Å²) in [6, 6.07) is 17.3. The Morgan fingerprint density at radius 2 is 1.62 bits per heavy atom. The van der Waals surface area contributed by atoms with Crippen LogP contribution in [0.1, 0.15) is 37.8 Å². The zero-order chi connectivity index (χ0) is 17.6. The van der Waals surface area contributed by atoms with E-state index in [2.05, 4.69) is 19.2 Å². The lowest BCUT2D eigenvalue weighted by molar-refractivity contribution is -0.137. The van der Waals surface area contributed by atoms with E-state index in [1.165, 1.54) is 0 Å². The van der Waals surface area contributed by atoms with Crippen molar-refractivity contribution in [1.82, 2.24) is 0 Å². The number of carboxylic acids is 1. The van der Waals surface area contributed by atoms with E-state index in [-0.39, 0.29) is 17.7 Å². The Hall–Kier alpha value is -2.62. The van der Waals surface area contributed by atoms with Crippen LogP contribution in [0.3, 0.4) is 0 Å². The molecule has 2 N–H and O–H groups in total. The van der Waals surface area contributed by atoms with Gasteiger partial charge < -0.3 is 10.4 Å². The van der Waals surface area contributed by atoms with Gasteiger partial charge in [0.2, 0.25) is 5.91 Å². The predicted octanol–water partition coefficient (Wildman–Crippen LogP) is 4.01.